The number of methoxy groups -OCH3 is 1. The van der Waals surface area contributed by atoms with Gasteiger partial charge in [0.2, 0.25) is 0 Å². The predicted octanol–water partition coefficient (Wildman–Crippen LogP) is -0.198. The summed E-state index contributed by atoms with van der Waals surface area (Å²) in [7, 11) is -0.379. The van der Waals surface area contributed by atoms with Crippen LogP contribution in [-0.4, -0.2) is 48.6 Å². The number of rotatable bonds is 3. The monoisotopic (exact) mass is 274 g/mol. The van der Waals surface area contributed by atoms with Crippen LogP contribution in [0.4, 0.5) is 5.82 Å². The lowest BCUT2D eigenvalue weighted by Gasteiger charge is -2.30. The van der Waals surface area contributed by atoms with Crippen molar-refractivity contribution in [3.8, 4) is 0 Å². The Hall–Kier alpha value is -1.12. The fourth-order valence-corrected chi connectivity index (χ4v) is 3.89. The average Bonchev–Trinajstić information content (AvgIpc) is 2.69. The molecule has 1 aliphatic heterocycles. The van der Waals surface area contributed by atoms with Crippen LogP contribution in [-0.2, 0) is 21.8 Å². The van der Waals surface area contributed by atoms with E-state index in [0.29, 0.717) is 13.1 Å². The molecule has 0 spiro atoms. The van der Waals surface area contributed by atoms with Gasteiger partial charge in [0.05, 0.1) is 12.4 Å². The minimum Gasteiger partial charge on any atom is -0.381 e. The Balaban J connectivity index is 2.31. The van der Waals surface area contributed by atoms with E-state index in [1.807, 2.05) is 0 Å². The van der Waals surface area contributed by atoms with E-state index in [1.54, 1.807) is 14.2 Å². The Labute approximate surface area is 107 Å². The van der Waals surface area contributed by atoms with Crippen molar-refractivity contribution in [2.75, 3.05) is 25.9 Å². The van der Waals surface area contributed by atoms with Crippen LogP contribution >= 0.6 is 0 Å². The molecule has 0 radical (unpaired) electrons. The van der Waals surface area contributed by atoms with Gasteiger partial charge in [0.1, 0.15) is 0 Å². The highest BCUT2D eigenvalue weighted by Crippen LogP contribution is 2.24. The van der Waals surface area contributed by atoms with Gasteiger partial charge in [-0.25, -0.2) is 13.4 Å². The molecule has 1 aromatic heterocycles. The Bertz CT molecular complexity index is 506. The third-order valence-corrected chi connectivity index (χ3v) is 5.17. The average molecular weight is 274 g/mol. The number of aryl methyl sites for hydroxylation is 1. The summed E-state index contributed by atoms with van der Waals surface area (Å²) in [4.78, 5) is 3.82. The fourth-order valence-electron chi connectivity index (χ4n) is 2.19. The first-order valence-electron chi connectivity index (χ1n) is 5.76. The Morgan fingerprint density at radius 2 is 2.28 bits per heavy atom. The minimum absolute atomic E-state index is 0.0389. The molecule has 0 aliphatic carbocycles. The van der Waals surface area contributed by atoms with Gasteiger partial charge >= 0.3 is 0 Å². The third-order valence-electron chi connectivity index (χ3n) is 3.17. The van der Waals surface area contributed by atoms with Crippen molar-refractivity contribution >= 4 is 15.8 Å². The lowest BCUT2D eigenvalue weighted by molar-refractivity contribution is 0.0571. The molecule has 8 heteroatoms. The van der Waals surface area contributed by atoms with Crippen LogP contribution in [0.3, 0.4) is 0 Å². The number of nitrogens with zero attached hydrogens (tertiary/aromatic N) is 3. The van der Waals surface area contributed by atoms with E-state index >= 15 is 0 Å². The van der Waals surface area contributed by atoms with Crippen molar-refractivity contribution in [3.05, 3.63) is 6.33 Å². The number of anilines is 1. The molecular formula is C10H18N4O3S. The molecule has 7 nitrogen and oxygen atoms in total. The van der Waals surface area contributed by atoms with Crippen LogP contribution in [0.2, 0.25) is 0 Å². The van der Waals surface area contributed by atoms with E-state index in [2.05, 4.69) is 4.98 Å². The van der Waals surface area contributed by atoms with E-state index in [0.717, 1.165) is 12.8 Å². The molecule has 0 bridgehead atoms. The smallest absolute Gasteiger partial charge is 0.262 e. The van der Waals surface area contributed by atoms with E-state index in [9.17, 15) is 8.42 Å². The number of aromatic nitrogens is 2. The van der Waals surface area contributed by atoms with Gasteiger partial charge in [-0.2, -0.15) is 4.31 Å². The van der Waals surface area contributed by atoms with E-state index in [-0.39, 0.29) is 16.9 Å². The van der Waals surface area contributed by atoms with Gasteiger partial charge in [-0.05, 0) is 12.8 Å². The van der Waals surface area contributed by atoms with Gasteiger partial charge < -0.3 is 15.0 Å². The first kappa shape index (κ1) is 13.3. The summed E-state index contributed by atoms with van der Waals surface area (Å²) in [5, 5.41) is 0.0549. The number of hydrogen-bond acceptors (Lipinski definition) is 5. The first-order valence-corrected chi connectivity index (χ1v) is 7.20. The summed E-state index contributed by atoms with van der Waals surface area (Å²) in [5.74, 6) is 0.0389. The molecular weight excluding hydrogens is 256 g/mol. The Morgan fingerprint density at radius 3 is 2.83 bits per heavy atom. The number of hydrogen-bond donors (Lipinski definition) is 1. The quantitative estimate of drug-likeness (QED) is 0.824. The molecule has 1 saturated heterocycles. The van der Waals surface area contributed by atoms with Crippen molar-refractivity contribution in [2.24, 2.45) is 7.05 Å². The zero-order valence-corrected chi connectivity index (χ0v) is 11.4. The summed E-state index contributed by atoms with van der Waals surface area (Å²) in [6, 6.07) is 0. The van der Waals surface area contributed by atoms with Crippen LogP contribution in [0.15, 0.2) is 11.4 Å². The van der Waals surface area contributed by atoms with Crippen molar-refractivity contribution in [1.29, 1.82) is 0 Å². The van der Waals surface area contributed by atoms with E-state index in [4.69, 9.17) is 10.5 Å². The zero-order chi connectivity index (χ0) is 13.3. The normalized spacial score (nSPS) is 22.2. The molecule has 1 atom stereocenters. The molecule has 1 aromatic rings. The lowest BCUT2D eigenvalue weighted by Crippen LogP contribution is -2.43. The summed E-state index contributed by atoms with van der Waals surface area (Å²) >= 11 is 0. The maximum atomic E-state index is 12.5. The van der Waals surface area contributed by atoms with Gasteiger partial charge in [-0.15, -0.1) is 0 Å². The minimum atomic E-state index is -3.59. The van der Waals surface area contributed by atoms with Crippen molar-refractivity contribution in [2.45, 2.75) is 24.0 Å². The zero-order valence-electron chi connectivity index (χ0n) is 10.5. The van der Waals surface area contributed by atoms with Crippen molar-refractivity contribution in [3.63, 3.8) is 0 Å². The molecule has 18 heavy (non-hydrogen) atoms. The second-order valence-electron chi connectivity index (χ2n) is 4.41. The van der Waals surface area contributed by atoms with Crippen molar-refractivity contribution < 1.29 is 13.2 Å². The van der Waals surface area contributed by atoms with Gasteiger partial charge in [-0.1, -0.05) is 0 Å². The Kier molecular flexibility index (Phi) is 3.60. The maximum Gasteiger partial charge on any atom is 0.262 e. The number of ether oxygens (including phenoxy) is 1. The highest BCUT2D eigenvalue weighted by atomic mass is 32.2. The Morgan fingerprint density at radius 1 is 1.56 bits per heavy atom. The number of piperidine rings is 1. The SMILES string of the molecule is COC1CCCN(S(=O)(=O)c2c(N)ncn2C)C1. The second kappa shape index (κ2) is 4.87. The lowest BCUT2D eigenvalue weighted by atomic mass is 10.1. The standard InChI is InChI=1S/C10H18N4O3S/c1-13-7-12-9(11)10(13)18(15,16)14-5-3-4-8(6-14)17-2/h7-8H,3-6,11H2,1-2H3. The molecule has 2 rings (SSSR count). The topological polar surface area (TPSA) is 90.4 Å². The molecule has 1 unspecified atom stereocenters. The number of sulfonamides is 1. The van der Waals surface area contributed by atoms with Gasteiger partial charge in [-0.3, -0.25) is 0 Å². The van der Waals surface area contributed by atoms with Gasteiger partial charge in [0.25, 0.3) is 10.0 Å². The highest BCUT2D eigenvalue weighted by molar-refractivity contribution is 7.89. The summed E-state index contributed by atoms with van der Waals surface area (Å²) in [5.41, 5.74) is 5.63. The summed E-state index contributed by atoms with van der Waals surface area (Å²) < 4.78 is 33.0. The van der Waals surface area contributed by atoms with E-state index in [1.165, 1.54) is 15.2 Å². The molecule has 2 heterocycles. The van der Waals surface area contributed by atoms with E-state index < -0.39 is 10.0 Å². The summed E-state index contributed by atoms with van der Waals surface area (Å²) in [6.45, 7) is 0.857. The van der Waals surface area contributed by atoms with Crippen LogP contribution in [0.1, 0.15) is 12.8 Å². The number of nitrogens with two attached hydrogens (primary N) is 1. The molecule has 102 valence electrons. The van der Waals surface area contributed by atoms with Crippen LogP contribution in [0.5, 0.6) is 0 Å². The molecule has 0 aromatic carbocycles. The van der Waals surface area contributed by atoms with Crippen LogP contribution in [0.25, 0.3) is 0 Å². The molecule has 0 amide bonds. The molecule has 2 N–H and O–H groups in total. The predicted molar refractivity (Wildman–Crippen MR) is 66.4 cm³/mol. The summed E-state index contributed by atoms with van der Waals surface area (Å²) in [6.07, 6.45) is 3.02. The molecule has 1 aliphatic rings. The van der Waals surface area contributed by atoms with Crippen LogP contribution < -0.4 is 5.73 Å². The first-order chi connectivity index (χ1) is 8.46. The maximum absolute atomic E-state index is 12.5. The fraction of sp³-hybridized carbons (Fsp3) is 0.700. The molecule has 1 fully saturated rings. The highest BCUT2D eigenvalue weighted by Gasteiger charge is 2.33. The van der Waals surface area contributed by atoms with Gasteiger partial charge in [0.15, 0.2) is 10.8 Å². The van der Waals surface area contributed by atoms with Gasteiger partial charge in [0, 0.05) is 27.2 Å². The van der Waals surface area contributed by atoms with Crippen LogP contribution in [0, 0.1) is 0 Å². The molecule has 0 saturated carbocycles. The number of nitrogen functional groups attached to an aromatic ring is 1. The number of imidazole rings is 1. The largest absolute Gasteiger partial charge is 0.381 e. The van der Waals surface area contributed by atoms with Crippen molar-refractivity contribution in [1.82, 2.24) is 13.9 Å². The second-order valence-corrected chi connectivity index (χ2v) is 6.26. The third kappa shape index (κ3) is 2.23.